The van der Waals surface area contributed by atoms with E-state index in [0.717, 1.165) is 28.7 Å². The molecule has 4 rings (SSSR count). The Hall–Kier alpha value is -3.58. The van der Waals surface area contributed by atoms with Crippen LogP contribution >= 0.6 is 11.3 Å². The Labute approximate surface area is 190 Å². The summed E-state index contributed by atoms with van der Waals surface area (Å²) in [6, 6.07) is 17.0. The molecule has 2 aromatic heterocycles. The Kier molecular flexibility index (Phi) is 6.28. The Balaban J connectivity index is 1.51. The number of nitrogens with zero attached hydrogens (tertiary/aromatic N) is 3. The summed E-state index contributed by atoms with van der Waals surface area (Å²) in [6.07, 6.45) is 0.930. The summed E-state index contributed by atoms with van der Waals surface area (Å²) in [5, 5.41) is 3.09. The van der Waals surface area contributed by atoms with Crippen LogP contribution in [0.1, 0.15) is 41.2 Å². The number of fused-ring (bicyclic) bond motifs is 1. The summed E-state index contributed by atoms with van der Waals surface area (Å²) in [7, 11) is 0. The molecule has 0 spiro atoms. The minimum Gasteiger partial charge on any atom is -0.456 e. The number of carbonyl (C=O) groups excluding carboxylic acids is 2. The topological polar surface area (TPSA) is 72.4 Å². The maximum Gasteiger partial charge on any atom is 0.339 e. The van der Waals surface area contributed by atoms with Crippen molar-refractivity contribution in [1.82, 2.24) is 9.97 Å². The first kappa shape index (κ1) is 21.6. The lowest BCUT2D eigenvalue weighted by molar-refractivity contribution is -0.115. The van der Waals surface area contributed by atoms with Gasteiger partial charge < -0.3 is 4.74 Å². The molecule has 162 valence electrons. The number of aryl methyl sites for hydroxylation is 2. The highest BCUT2D eigenvalue weighted by Crippen LogP contribution is 2.29. The molecule has 0 atom stereocenters. The molecule has 2 aromatic carbocycles. The molecule has 4 aromatic rings. The fourth-order valence-electron chi connectivity index (χ4n) is 3.47. The number of rotatable bonds is 6. The van der Waals surface area contributed by atoms with Crippen molar-refractivity contribution in [3.05, 3.63) is 82.5 Å². The van der Waals surface area contributed by atoms with E-state index < -0.39 is 5.97 Å². The van der Waals surface area contributed by atoms with Gasteiger partial charge in [-0.1, -0.05) is 37.3 Å². The molecule has 6 nitrogen and oxygen atoms in total. The van der Waals surface area contributed by atoms with E-state index in [0.29, 0.717) is 16.4 Å². The first-order valence-electron chi connectivity index (χ1n) is 10.3. The first-order valence-corrected chi connectivity index (χ1v) is 11.2. The third-order valence-corrected chi connectivity index (χ3v) is 5.94. The standard InChI is InChI=1S/C25H23N3O3S/c1-4-18-9-11-20(12-10-18)28(17(3)29)25-27-19(15-32-25)14-31-24(30)22-13-16(2)26-23-8-6-5-7-21(22)23/h5-13,15H,4,14H2,1-3H3. The van der Waals surface area contributed by atoms with Crippen molar-refractivity contribution in [2.45, 2.75) is 33.8 Å². The lowest BCUT2D eigenvalue weighted by Crippen LogP contribution is -2.22. The third-order valence-electron chi connectivity index (χ3n) is 5.06. The van der Waals surface area contributed by atoms with Crippen LogP contribution < -0.4 is 4.90 Å². The van der Waals surface area contributed by atoms with E-state index >= 15 is 0 Å². The minimum absolute atomic E-state index is 0.0194. The van der Waals surface area contributed by atoms with Gasteiger partial charge >= 0.3 is 5.97 Å². The number of ether oxygens (including phenoxy) is 1. The second-order valence-electron chi connectivity index (χ2n) is 7.40. The Morgan fingerprint density at radius 3 is 2.53 bits per heavy atom. The van der Waals surface area contributed by atoms with E-state index in [2.05, 4.69) is 16.9 Å². The van der Waals surface area contributed by atoms with Crippen molar-refractivity contribution in [3.63, 3.8) is 0 Å². The third kappa shape index (κ3) is 4.53. The summed E-state index contributed by atoms with van der Waals surface area (Å²) >= 11 is 1.34. The van der Waals surface area contributed by atoms with Crippen LogP contribution in [-0.4, -0.2) is 21.8 Å². The zero-order chi connectivity index (χ0) is 22.7. The summed E-state index contributed by atoms with van der Waals surface area (Å²) < 4.78 is 5.54. The first-order chi connectivity index (χ1) is 15.5. The van der Waals surface area contributed by atoms with Crippen molar-refractivity contribution in [1.29, 1.82) is 0 Å². The fourth-order valence-corrected chi connectivity index (χ4v) is 4.34. The monoisotopic (exact) mass is 445 g/mol. The average Bonchev–Trinajstić information content (AvgIpc) is 3.25. The summed E-state index contributed by atoms with van der Waals surface area (Å²) in [5.74, 6) is -0.564. The molecule has 0 saturated carbocycles. The van der Waals surface area contributed by atoms with Crippen LogP contribution in [0.5, 0.6) is 0 Å². The second kappa shape index (κ2) is 9.28. The van der Waals surface area contributed by atoms with Crippen molar-refractivity contribution < 1.29 is 14.3 Å². The van der Waals surface area contributed by atoms with Gasteiger partial charge in [-0.15, -0.1) is 11.3 Å². The van der Waals surface area contributed by atoms with Crippen LogP contribution in [0.3, 0.4) is 0 Å². The lowest BCUT2D eigenvalue weighted by atomic mass is 10.1. The second-order valence-corrected chi connectivity index (χ2v) is 8.24. The molecular weight excluding hydrogens is 422 g/mol. The highest BCUT2D eigenvalue weighted by molar-refractivity contribution is 7.14. The van der Waals surface area contributed by atoms with Gasteiger partial charge in [-0.2, -0.15) is 0 Å². The number of hydrogen-bond donors (Lipinski definition) is 0. The van der Waals surface area contributed by atoms with Crippen LogP contribution in [0.4, 0.5) is 10.8 Å². The molecule has 0 aliphatic heterocycles. The molecular formula is C25H23N3O3S. The molecule has 0 fully saturated rings. The summed E-state index contributed by atoms with van der Waals surface area (Å²) in [5.41, 5.74) is 4.52. The normalized spacial score (nSPS) is 10.8. The SMILES string of the molecule is CCc1ccc(N(C(C)=O)c2nc(COC(=O)c3cc(C)nc4ccccc34)cs2)cc1. The number of amides is 1. The van der Waals surface area contributed by atoms with E-state index in [1.165, 1.54) is 23.8 Å². The minimum atomic E-state index is -0.431. The molecule has 0 aliphatic rings. The molecule has 0 aliphatic carbocycles. The molecule has 0 bridgehead atoms. The van der Waals surface area contributed by atoms with E-state index in [1.54, 1.807) is 16.3 Å². The van der Waals surface area contributed by atoms with E-state index in [-0.39, 0.29) is 12.5 Å². The molecule has 1 amide bonds. The smallest absolute Gasteiger partial charge is 0.339 e. The van der Waals surface area contributed by atoms with Crippen LogP contribution in [0.25, 0.3) is 10.9 Å². The molecule has 0 unspecified atom stereocenters. The molecule has 0 saturated heterocycles. The number of hydrogen-bond acceptors (Lipinski definition) is 6. The van der Waals surface area contributed by atoms with Gasteiger partial charge in [0.2, 0.25) is 5.91 Å². The number of benzene rings is 2. The predicted octanol–water partition coefficient (Wildman–Crippen LogP) is 5.60. The van der Waals surface area contributed by atoms with Crippen molar-refractivity contribution in [2.24, 2.45) is 0 Å². The van der Waals surface area contributed by atoms with E-state index in [9.17, 15) is 9.59 Å². The average molecular weight is 446 g/mol. The molecule has 7 heteroatoms. The van der Waals surface area contributed by atoms with Gasteiger partial charge in [0.25, 0.3) is 0 Å². The number of esters is 1. The number of carbonyl (C=O) groups is 2. The van der Waals surface area contributed by atoms with Gasteiger partial charge in [0, 0.05) is 23.4 Å². The van der Waals surface area contributed by atoms with E-state index in [1.807, 2.05) is 55.5 Å². The van der Waals surface area contributed by atoms with Gasteiger partial charge in [-0.25, -0.2) is 9.78 Å². The molecule has 2 heterocycles. The number of anilines is 2. The Morgan fingerprint density at radius 2 is 1.81 bits per heavy atom. The Bertz CT molecular complexity index is 1280. The number of pyridine rings is 1. The van der Waals surface area contributed by atoms with Crippen LogP contribution in [-0.2, 0) is 22.6 Å². The highest BCUT2D eigenvalue weighted by atomic mass is 32.1. The number of aromatic nitrogens is 2. The number of thiazole rings is 1. The van der Waals surface area contributed by atoms with Crippen molar-refractivity contribution >= 4 is 44.9 Å². The highest BCUT2D eigenvalue weighted by Gasteiger charge is 2.19. The Morgan fingerprint density at radius 1 is 1.06 bits per heavy atom. The van der Waals surface area contributed by atoms with Gasteiger partial charge in [0.15, 0.2) is 5.13 Å². The maximum absolute atomic E-state index is 12.8. The van der Waals surface area contributed by atoms with Gasteiger partial charge in [-0.05, 0) is 43.2 Å². The number of para-hydroxylation sites is 1. The molecule has 0 radical (unpaired) electrons. The summed E-state index contributed by atoms with van der Waals surface area (Å²) in [4.78, 5) is 35.6. The molecule has 32 heavy (non-hydrogen) atoms. The largest absolute Gasteiger partial charge is 0.456 e. The van der Waals surface area contributed by atoms with Gasteiger partial charge in [-0.3, -0.25) is 14.7 Å². The summed E-state index contributed by atoms with van der Waals surface area (Å²) in [6.45, 7) is 5.46. The quantitative estimate of drug-likeness (QED) is 0.361. The van der Waals surface area contributed by atoms with Gasteiger partial charge in [0.05, 0.1) is 22.5 Å². The van der Waals surface area contributed by atoms with Crippen LogP contribution in [0.2, 0.25) is 0 Å². The zero-order valence-corrected chi connectivity index (χ0v) is 19.0. The molecule has 0 N–H and O–H groups in total. The van der Waals surface area contributed by atoms with Gasteiger partial charge in [0.1, 0.15) is 6.61 Å². The fraction of sp³-hybridized carbons (Fsp3) is 0.200. The van der Waals surface area contributed by atoms with Crippen LogP contribution in [0.15, 0.2) is 60.0 Å². The lowest BCUT2D eigenvalue weighted by Gasteiger charge is -2.18. The maximum atomic E-state index is 12.8. The van der Waals surface area contributed by atoms with Crippen molar-refractivity contribution in [2.75, 3.05) is 4.90 Å². The predicted molar refractivity (Wildman–Crippen MR) is 126 cm³/mol. The van der Waals surface area contributed by atoms with E-state index in [4.69, 9.17) is 4.74 Å². The van der Waals surface area contributed by atoms with Crippen molar-refractivity contribution in [3.8, 4) is 0 Å². The zero-order valence-electron chi connectivity index (χ0n) is 18.2. The van der Waals surface area contributed by atoms with Crippen LogP contribution in [0, 0.1) is 6.92 Å².